The number of anilines is 2. The Bertz CT molecular complexity index is 1600. The molecule has 16 heteroatoms. The Labute approximate surface area is 242 Å². The van der Waals surface area contributed by atoms with Crippen LogP contribution in [-0.2, 0) is 23.9 Å². The van der Waals surface area contributed by atoms with Crippen molar-refractivity contribution >= 4 is 29.0 Å². The van der Waals surface area contributed by atoms with Crippen molar-refractivity contribution < 1.29 is 31.5 Å². The number of rotatable bonds is 12. The van der Waals surface area contributed by atoms with Gasteiger partial charge in [-0.1, -0.05) is 6.92 Å². The molecule has 0 radical (unpaired) electrons. The molecule has 0 saturated heterocycles. The van der Waals surface area contributed by atoms with E-state index in [9.17, 15) is 31.5 Å². The Morgan fingerprint density at radius 1 is 1.12 bits per heavy atom. The van der Waals surface area contributed by atoms with Crippen LogP contribution in [-0.4, -0.2) is 61.5 Å². The van der Waals surface area contributed by atoms with Crippen molar-refractivity contribution in [3.8, 4) is 11.3 Å². The normalized spacial score (nSPS) is 12.5. The summed E-state index contributed by atoms with van der Waals surface area (Å²) in [6, 6.07) is 4.43. The van der Waals surface area contributed by atoms with Crippen LogP contribution in [0.2, 0.25) is 0 Å². The zero-order chi connectivity index (χ0) is 31.3. The first-order valence-electron chi connectivity index (χ1n) is 13.4. The predicted octanol–water partition coefficient (Wildman–Crippen LogP) is 3.77. The van der Waals surface area contributed by atoms with E-state index in [2.05, 4.69) is 31.0 Å². The molecule has 1 atom stereocenters. The number of aromatic nitrogens is 5. The average Bonchev–Trinajstić information content (AvgIpc) is 3.57. The molecule has 11 nitrogen and oxygen atoms in total. The molecule has 4 rings (SSSR count). The largest absolute Gasteiger partial charge is 0.435 e. The molecule has 0 aliphatic carbocycles. The van der Waals surface area contributed by atoms with Crippen LogP contribution in [0.15, 0.2) is 43.0 Å². The van der Waals surface area contributed by atoms with Crippen molar-refractivity contribution in [3.05, 3.63) is 59.8 Å². The maximum absolute atomic E-state index is 13.7. The number of benzene rings is 1. The molecule has 5 N–H and O–H groups in total. The molecular formula is C27H30F5N9O2. The zero-order valence-electron chi connectivity index (χ0n) is 23.3. The number of alkyl halides is 5. The third kappa shape index (κ3) is 7.43. The van der Waals surface area contributed by atoms with Gasteiger partial charge in [0.1, 0.15) is 6.54 Å². The number of carbonyl (C=O) groups is 2. The van der Waals surface area contributed by atoms with Gasteiger partial charge in [-0.05, 0) is 43.5 Å². The molecule has 3 heterocycles. The SMILES string of the molecule is CCc1cc(Nc2nccn3c(-c4cn(CC(F)F)nc4C(F)(F)F)cnc23)ccc1C(=O)NCCCNC(=O)[C@H](C)N. The van der Waals surface area contributed by atoms with Crippen LogP contribution in [0, 0.1) is 0 Å². The van der Waals surface area contributed by atoms with Gasteiger partial charge in [-0.15, -0.1) is 0 Å². The number of imidazole rings is 1. The minimum absolute atomic E-state index is 0.00772. The number of nitrogens with zero attached hydrogens (tertiary/aromatic N) is 5. The smallest absolute Gasteiger partial charge is 0.355 e. The van der Waals surface area contributed by atoms with Crippen molar-refractivity contribution in [1.82, 2.24) is 34.8 Å². The second kappa shape index (κ2) is 13.1. The van der Waals surface area contributed by atoms with Gasteiger partial charge < -0.3 is 21.7 Å². The number of amides is 2. The van der Waals surface area contributed by atoms with Crippen LogP contribution in [0.1, 0.15) is 41.9 Å². The van der Waals surface area contributed by atoms with Gasteiger partial charge in [-0.25, -0.2) is 18.7 Å². The maximum Gasteiger partial charge on any atom is 0.435 e. The van der Waals surface area contributed by atoms with E-state index in [-0.39, 0.29) is 29.0 Å². The lowest BCUT2D eigenvalue weighted by Gasteiger charge is -2.13. The number of nitrogens with one attached hydrogen (secondary N) is 3. The summed E-state index contributed by atoms with van der Waals surface area (Å²) in [5.41, 5.74) is 5.70. The number of aryl methyl sites for hydroxylation is 1. The minimum atomic E-state index is -4.88. The van der Waals surface area contributed by atoms with Gasteiger partial charge in [0, 0.05) is 42.9 Å². The lowest BCUT2D eigenvalue weighted by molar-refractivity contribution is -0.141. The molecule has 0 aliphatic rings. The van der Waals surface area contributed by atoms with E-state index in [1.165, 1.54) is 23.0 Å². The average molecular weight is 608 g/mol. The molecule has 4 aromatic rings. The summed E-state index contributed by atoms with van der Waals surface area (Å²) in [7, 11) is 0. The highest BCUT2D eigenvalue weighted by atomic mass is 19.4. The van der Waals surface area contributed by atoms with Gasteiger partial charge in [-0.3, -0.25) is 18.7 Å². The summed E-state index contributed by atoms with van der Waals surface area (Å²) < 4.78 is 68.8. The number of nitrogens with two attached hydrogens (primary N) is 1. The summed E-state index contributed by atoms with van der Waals surface area (Å²) >= 11 is 0. The van der Waals surface area contributed by atoms with Gasteiger partial charge in [0.25, 0.3) is 12.3 Å². The first kappa shape index (κ1) is 31.3. The Balaban J connectivity index is 1.53. The van der Waals surface area contributed by atoms with Crippen molar-refractivity contribution in [2.75, 3.05) is 18.4 Å². The quantitative estimate of drug-likeness (QED) is 0.142. The summed E-state index contributed by atoms with van der Waals surface area (Å²) in [6.45, 7) is 3.18. The summed E-state index contributed by atoms with van der Waals surface area (Å²) in [4.78, 5) is 32.8. The van der Waals surface area contributed by atoms with Crippen LogP contribution in [0.5, 0.6) is 0 Å². The van der Waals surface area contributed by atoms with Crippen molar-refractivity contribution in [2.45, 2.75) is 51.9 Å². The lowest BCUT2D eigenvalue weighted by atomic mass is 10.0. The van der Waals surface area contributed by atoms with Crippen LogP contribution in [0.3, 0.4) is 0 Å². The Kier molecular flexibility index (Phi) is 9.58. The van der Waals surface area contributed by atoms with E-state index in [1.807, 2.05) is 6.92 Å². The number of fused-ring (bicyclic) bond motifs is 1. The Morgan fingerprint density at radius 2 is 1.86 bits per heavy atom. The molecule has 0 unspecified atom stereocenters. The topological polar surface area (TPSA) is 144 Å². The Morgan fingerprint density at radius 3 is 2.53 bits per heavy atom. The third-order valence-corrected chi connectivity index (χ3v) is 6.40. The molecular weight excluding hydrogens is 577 g/mol. The van der Waals surface area contributed by atoms with E-state index in [0.717, 1.165) is 11.8 Å². The van der Waals surface area contributed by atoms with E-state index in [1.54, 1.807) is 25.1 Å². The number of hydrogen-bond acceptors (Lipinski definition) is 7. The molecule has 1 aromatic carbocycles. The minimum Gasteiger partial charge on any atom is -0.355 e. The van der Waals surface area contributed by atoms with Crippen molar-refractivity contribution in [2.24, 2.45) is 5.73 Å². The summed E-state index contributed by atoms with van der Waals surface area (Å²) in [5.74, 6) is -0.338. The molecule has 0 fully saturated rings. The summed E-state index contributed by atoms with van der Waals surface area (Å²) in [6.07, 6.45) is -1.86. The molecule has 43 heavy (non-hydrogen) atoms. The van der Waals surface area contributed by atoms with E-state index in [0.29, 0.717) is 41.9 Å². The second-order valence-corrected chi connectivity index (χ2v) is 9.65. The van der Waals surface area contributed by atoms with Gasteiger partial charge >= 0.3 is 6.18 Å². The number of halogens is 5. The van der Waals surface area contributed by atoms with Crippen LogP contribution in [0.25, 0.3) is 16.9 Å². The first-order valence-corrected chi connectivity index (χ1v) is 13.4. The standard InChI is InChI=1S/C27H30F5N9O2/c1-3-16-11-17(5-6-18(16)26(43)36-8-4-7-35-25(42)15(2)33)38-23-24-37-12-20(41(24)10-9-34-23)19-13-40(14-21(28)29)39-22(19)27(30,31)32/h5-6,9-13,15,21H,3-4,7-8,14,33H2,1-2H3,(H,34,38)(H,35,42)(H,36,43)/t15-/m0/s1. The molecule has 230 valence electrons. The third-order valence-electron chi connectivity index (χ3n) is 6.40. The highest BCUT2D eigenvalue weighted by molar-refractivity contribution is 5.96. The number of carbonyl (C=O) groups excluding carboxylic acids is 2. The first-order chi connectivity index (χ1) is 20.4. The molecule has 0 bridgehead atoms. The molecule has 2 amide bonds. The molecule has 0 spiro atoms. The lowest BCUT2D eigenvalue weighted by Crippen LogP contribution is -2.39. The van der Waals surface area contributed by atoms with Crippen molar-refractivity contribution in [3.63, 3.8) is 0 Å². The molecule has 0 aliphatic heterocycles. The van der Waals surface area contributed by atoms with Gasteiger partial charge in [-0.2, -0.15) is 18.3 Å². The van der Waals surface area contributed by atoms with E-state index < -0.39 is 36.4 Å². The van der Waals surface area contributed by atoms with Gasteiger partial charge in [0.05, 0.1) is 23.5 Å². The fourth-order valence-electron chi connectivity index (χ4n) is 4.34. The van der Waals surface area contributed by atoms with Crippen LogP contribution >= 0.6 is 0 Å². The van der Waals surface area contributed by atoms with Crippen LogP contribution < -0.4 is 21.7 Å². The monoisotopic (exact) mass is 607 g/mol. The fourth-order valence-corrected chi connectivity index (χ4v) is 4.34. The fraction of sp³-hybridized carbons (Fsp3) is 0.370. The van der Waals surface area contributed by atoms with E-state index in [4.69, 9.17) is 5.73 Å². The predicted molar refractivity (Wildman–Crippen MR) is 148 cm³/mol. The van der Waals surface area contributed by atoms with E-state index >= 15 is 0 Å². The van der Waals surface area contributed by atoms with Crippen molar-refractivity contribution in [1.29, 1.82) is 0 Å². The second-order valence-electron chi connectivity index (χ2n) is 9.65. The summed E-state index contributed by atoms with van der Waals surface area (Å²) in [5, 5.41) is 11.9. The zero-order valence-corrected chi connectivity index (χ0v) is 23.3. The molecule has 0 saturated carbocycles. The molecule has 3 aromatic heterocycles. The highest BCUT2D eigenvalue weighted by Crippen LogP contribution is 2.37. The van der Waals surface area contributed by atoms with Crippen LogP contribution in [0.4, 0.5) is 33.5 Å². The number of hydrogen-bond donors (Lipinski definition) is 4. The highest BCUT2D eigenvalue weighted by Gasteiger charge is 2.38. The van der Waals surface area contributed by atoms with Gasteiger partial charge in [0.15, 0.2) is 17.2 Å². The van der Waals surface area contributed by atoms with Gasteiger partial charge in [0.2, 0.25) is 5.91 Å². The maximum atomic E-state index is 13.7. The Hall–Kier alpha value is -4.60.